The monoisotopic (exact) mass is 233 g/mol. The third-order valence-corrected chi connectivity index (χ3v) is 3.12. The Bertz CT molecular complexity index is 373. The maximum Gasteiger partial charge on any atom is 0.137 e. The Labute approximate surface area is 104 Å². The Morgan fingerprint density at radius 2 is 1.71 bits per heavy atom. The summed E-state index contributed by atoms with van der Waals surface area (Å²) in [5.41, 5.74) is 10.3. The van der Waals surface area contributed by atoms with E-state index in [0.29, 0.717) is 25.2 Å². The van der Waals surface area contributed by atoms with Crippen LogP contribution in [0.4, 0.5) is 0 Å². The van der Waals surface area contributed by atoms with Crippen molar-refractivity contribution in [3.63, 3.8) is 0 Å². The molecule has 0 amide bonds. The van der Waals surface area contributed by atoms with Gasteiger partial charge in [0.2, 0.25) is 0 Å². The lowest BCUT2D eigenvalue weighted by molar-refractivity contribution is -0.118. The standard InChI is InChI=1S/C15H23NO/c1-11-8-12(2)15(13(3)9-11)10-14(17)6-4-5-7-16/h8-9H,4-7,10,16H2,1-3H3. The first-order valence-corrected chi connectivity index (χ1v) is 6.33. The fourth-order valence-corrected chi connectivity index (χ4v) is 2.24. The lowest BCUT2D eigenvalue weighted by Gasteiger charge is -2.10. The summed E-state index contributed by atoms with van der Waals surface area (Å²) >= 11 is 0. The van der Waals surface area contributed by atoms with E-state index in [9.17, 15) is 4.79 Å². The highest BCUT2D eigenvalue weighted by Gasteiger charge is 2.09. The zero-order valence-corrected chi connectivity index (χ0v) is 11.2. The number of carbonyl (C=O) groups is 1. The molecule has 0 aliphatic carbocycles. The van der Waals surface area contributed by atoms with Crippen LogP contribution >= 0.6 is 0 Å². The van der Waals surface area contributed by atoms with E-state index < -0.39 is 0 Å². The van der Waals surface area contributed by atoms with Gasteiger partial charge >= 0.3 is 0 Å². The van der Waals surface area contributed by atoms with Gasteiger partial charge in [0.1, 0.15) is 5.78 Å². The summed E-state index contributed by atoms with van der Waals surface area (Å²) in [5.74, 6) is 0.327. The van der Waals surface area contributed by atoms with E-state index in [2.05, 4.69) is 32.9 Å². The van der Waals surface area contributed by atoms with E-state index in [1.165, 1.54) is 22.3 Å². The fourth-order valence-electron chi connectivity index (χ4n) is 2.24. The third kappa shape index (κ3) is 4.31. The number of ketones is 1. The Morgan fingerprint density at radius 3 is 2.24 bits per heavy atom. The van der Waals surface area contributed by atoms with Crippen molar-refractivity contribution in [1.29, 1.82) is 0 Å². The van der Waals surface area contributed by atoms with Crippen molar-refractivity contribution in [3.05, 3.63) is 34.4 Å². The van der Waals surface area contributed by atoms with Crippen molar-refractivity contribution >= 4 is 5.78 Å². The van der Waals surface area contributed by atoms with E-state index in [1.807, 2.05) is 0 Å². The molecule has 2 nitrogen and oxygen atoms in total. The first-order valence-electron chi connectivity index (χ1n) is 6.33. The average Bonchev–Trinajstić information content (AvgIpc) is 2.24. The van der Waals surface area contributed by atoms with Gasteiger partial charge < -0.3 is 5.73 Å². The molecule has 0 heterocycles. The Kier molecular flexibility index (Phi) is 5.36. The highest BCUT2D eigenvalue weighted by Crippen LogP contribution is 2.18. The van der Waals surface area contributed by atoms with Crippen LogP contribution in [-0.4, -0.2) is 12.3 Å². The van der Waals surface area contributed by atoms with E-state index in [4.69, 9.17) is 5.73 Å². The van der Waals surface area contributed by atoms with Crippen molar-refractivity contribution in [3.8, 4) is 0 Å². The minimum absolute atomic E-state index is 0.327. The Balaban J connectivity index is 2.65. The van der Waals surface area contributed by atoms with E-state index in [1.54, 1.807) is 0 Å². The zero-order chi connectivity index (χ0) is 12.8. The second-order valence-electron chi connectivity index (χ2n) is 4.84. The number of carbonyl (C=O) groups excluding carboxylic acids is 1. The largest absolute Gasteiger partial charge is 0.330 e. The van der Waals surface area contributed by atoms with Gasteiger partial charge in [-0.25, -0.2) is 0 Å². The molecular weight excluding hydrogens is 210 g/mol. The van der Waals surface area contributed by atoms with E-state index in [-0.39, 0.29) is 0 Å². The van der Waals surface area contributed by atoms with Gasteiger partial charge in [0.05, 0.1) is 0 Å². The molecule has 0 bridgehead atoms. The highest BCUT2D eigenvalue weighted by molar-refractivity contribution is 5.81. The molecule has 2 heteroatoms. The highest BCUT2D eigenvalue weighted by atomic mass is 16.1. The molecule has 0 atom stereocenters. The topological polar surface area (TPSA) is 43.1 Å². The molecule has 0 fully saturated rings. The molecule has 0 aliphatic heterocycles. The Morgan fingerprint density at radius 1 is 1.12 bits per heavy atom. The van der Waals surface area contributed by atoms with Crippen molar-refractivity contribution < 1.29 is 4.79 Å². The summed E-state index contributed by atoms with van der Waals surface area (Å²) in [6.07, 6.45) is 3.09. The molecule has 0 saturated carbocycles. The van der Waals surface area contributed by atoms with Gasteiger partial charge in [0.25, 0.3) is 0 Å². The summed E-state index contributed by atoms with van der Waals surface area (Å²) in [7, 11) is 0. The van der Waals surface area contributed by atoms with Gasteiger partial charge in [-0.1, -0.05) is 17.7 Å². The van der Waals surface area contributed by atoms with Crippen LogP contribution in [0.25, 0.3) is 0 Å². The lowest BCUT2D eigenvalue weighted by atomic mass is 9.94. The summed E-state index contributed by atoms with van der Waals surface area (Å²) in [4.78, 5) is 11.8. The first-order chi connectivity index (χ1) is 8.04. The number of unbranched alkanes of at least 4 members (excludes halogenated alkanes) is 1. The molecule has 94 valence electrons. The number of benzene rings is 1. The minimum atomic E-state index is 0.327. The predicted molar refractivity (Wildman–Crippen MR) is 72.3 cm³/mol. The van der Waals surface area contributed by atoms with Gasteiger partial charge in [-0.2, -0.15) is 0 Å². The molecular formula is C15H23NO. The van der Waals surface area contributed by atoms with Crippen LogP contribution in [-0.2, 0) is 11.2 Å². The number of hydrogen-bond acceptors (Lipinski definition) is 2. The van der Waals surface area contributed by atoms with Crippen LogP contribution in [0.3, 0.4) is 0 Å². The van der Waals surface area contributed by atoms with Crippen LogP contribution in [0.15, 0.2) is 12.1 Å². The zero-order valence-electron chi connectivity index (χ0n) is 11.2. The molecule has 0 aromatic heterocycles. The van der Waals surface area contributed by atoms with Gasteiger partial charge in [-0.3, -0.25) is 4.79 Å². The van der Waals surface area contributed by atoms with Crippen molar-refractivity contribution in [2.45, 2.75) is 46.5 Å². The number of Topliss-reactive ketones (excluding diaryl/α,β-unsaturated/α-hetero) is 1. The average molecular weight is 233 g/mol. The lowest BCUT2D eigenvalue weighted by Crippen LogP contribution is -2.07. The van der Waals surface area contributed by atoms with E-state index >= 15 is 0 Å². The molecule has 0 aliphatic rings. The first kappa shape index (κ1) is 13.9. The van der Waals surface area contributed by atoms with Gasteiger partial charge in [0, 0.05) is 12.8 Å². The van der Waals surface area contributed by atoms with Crippen LogP contribution in [0.2, 0.25) is 0 Å². The summed E-state index contributed by atoms with van der Waals surface area (Å²) in [6, 6.07) is 4.30. The summed E-state index contributed by atoms with van der Waals surface area (Å²) < 4.78 is 0. The van der Waals surface area contributed by atoms with Crippen molar-refractivity contribution in [2.75, 3.05) is 6.54 Å². The van der Waals surface area contributed by atoms with Crippen LogP contribution in [0, 0.1) is 20.8 Å². The second kappa shape index (κ2) is 6.55. The summed E-state index contributed by atoms with van der Waals surface area (Å²) in [5, 5.41) is 0. The molecule has 1 rings (SSSR count). The smallest absolute Gasteiger partial charge is 0.137 e. The fraction of sp³-hybridized carbons (Fsp3) is 0.533. The van der Waals surface area contributed by atoms with Gasteiger partial charge in [-0.05, 0) is 56.8 Å². The molecule has 1 aromatic rings. The molecule has 0 saturated heterocycles. The van der Waals surface area contributed by atoms with Crippen molar-refractivity contribution in [2.24, 2.45) is 5.73 Å². The third-order valence-electron chi connectivity index (χ3n) is 3.12. The number of rotatable bonds is 6. The van der Waals surface area contributed by atoms with E-state index in [0.717, 1.165) is 12.8 Å². The molecule has 0 radical (unpaired) electrons. The molecule has 0 unspecified atom stereocenters. The quantitative estimate of drug-likeness (QED) is 0.768. The van der Waals surface area contributed by atoms with Gasteiger partial charge in [-0.15, -0.1) is 0 Å². The predicted octanol–water partition coefficient (Wildman–Crippen LogP) is 2.85. The number of nitrogens with two attached hydrogens (primary N) is 1. The molecule has 1 aromatic carbocycles. The van der Waals surface area contributed by atoms with Crippen LogP contribution in [0.5, 0.6) is 0 Å². The molecule has 17 heavy (non-hydrogen) atoms. The Hall–Kier alpha value is -1.15. The maximum absolute atomic E-state index is 11.8. The van der Waals surface area contributed by atoms with Crippen molar-refractivity contribution in [1.82, 2.24) is 0 Å². The second-order valence-corrected chi connectivity index (χ2v) is 4.84. The van der Waals surface area contributed by atoms with Crippen LogP contribution in [0.1, 0.15) is 41.5 Å². The molecule has 2 N–H and O–H groups in total. The molecule has 0 spiro atoms. The number of aryl methyl sites for hydroxylation is 3. The maximum atomic E-state index is 11.8. The summed E-state index contributed by atoms with van der Waals surface area (Å²) in [6.45, 7) is 6.94. The van der Waals surface area contributed by atoms with Crippen LogP contribution < -0.4 is 5.73 Å². The normalized spacial score (nSPS) is 10.6. The number of hydrogen-bond donors (Lipinski definition) is 1. The SMILES string of the molecule is Cc1cc(C)c(CC(=O)CCCCN)c(C)c1. The van der Waals surface area contributed by atoms with Gasteiger partial charge in [0.15, 0.2) is 0 Å². The minimum Gasteiger partial charge on any atom is -0.330 e.